The lowest BCUT2D eigenvalue weighted by molar-refractivity contribution is -0.161. The molecule has 0 aromatic heterocycles. The van der Waals surface area contributed by atoms with Gasteiger partial charge in [0.1, 0.15) is 19.3 Å². The van der Waals surface area contributed by atoms with Crippen LogP contribution in [0, 0.1) is 0 Å². The number of rotatable bonds is 75. The van der Waals surface area contributed by atoms with E-state index in [4.69, 9.17) is 37.0 Å². The molecule has 0 spiro atoms. The molecule has 0 heterocycles. The lowest BCUT2D eigenvalue weighted by atomic mass is 10.0. The van der Waals surface area contributed by atoms with Crippen molar-refractivity contribution in [3.05, 3.63) is 134 Å². The summed E-state index contributed by atoms with van der Waals surface area (Å²) < 4.78 is 68.6. The molecule has 0 radical (unpaired) electrons. The van der Waals surface area contributed by atoms with Gasteiger partial charge in [0.25, 0.3) is 0 Å². The van der Waals surface area contributed by atoms with E-state index in [1.807, 2.05) is 12.2 Å². The molecule has 0 aromatic carbocycles. The number of phosphoric acid groups is 2. The summed E-state index contributed by atoms with van der Waals surface area (Å²) in [6, 6.07) is 0. The second kappa shape index (κ2) is 76.4. The van der Waals surface area contributed by atoms with Crippen LogP contribution in [0.25, 0.3) is 0 Å². The molecule has 0 aliphatic carbocycles. The van der Waals surface area contributed by atoms with E-state index in [1.165, 1.54) is 70.6 Å². The number of aliphatic hydroxyl groups is 1. The summed E-state index contributed by atoms with van der Waals surface area (Å²) in [4.78, 5) is 73.0. The zero-order valence-corrected chi connectivity index (χ0v) is 66.9. The molecule has 596 valence electrons. The third-order valence-corrected chi connectivity index (χ3v) is 18.5. The van der Waals surface area contributed by atoms with Gasteiger partial charge in [-0.15, -0.1) is 0 Å². The molecule has 0 amide bonds. The Morgan fingerprint density at radius 1 is 0.279 bits per heavy atom. The fraction of sp³-hybridized carbons (Fsp3) is 0.694. The topological polar surface area (TPSA) is 237 Å². The van der Waals surface area contributed by atoms with Crippen LogP contribution < -0.4 is 0 Å². The van der Waals surface area contributed by atoms with Gasteiger partial charge in [0.05, 0.1) is 26.4 Å². The Morgan fingerprint density at radius 3 is 0.827 bits per heavy atom. The van der Waals surface area contributed by atoms with Gasteiger partial charge in [-0.3, -0.25) is 37.3 Å². The van der Waals surface area contributed by atoms with Gasteiger partial charge in [-0.25, -0.2) is 9.13 Å². The maximum absolute atomic E-state index is 13.1. The van der Waals surface area contributed by atoms with Gasteiger partial charge in [-0.05, 0) is 135 Å². The van der Waals surface area contributed by atoms with Crippen molar-refractivity contribution < 1.29 is 80.2 Å². The molecule has 5 atom stereocenters. The number of ether oxygens (including phenoxy) is 4. The molecule has 0 rings (SSSR count). The minimum absolute atomic E-state index is 0.0100. The van der Waals surface area contributed by atoms with E-state index in [9.17, 15) is 43.2 Å². The van der Waals surface area contributed by atoms with E-state index in [1.54, 1.807) is 0 Å². The van der Waals surface area contributed by atoms with Crippen LogP contribution in [0.15, 0.2) is 134 Å². The summed E-state index contributed by atoms with van der Waals surface area (Å²) in [6.07, 6.45) is 85.7. The Hall–Kier alpha value is -4.80. The fourth-order valence-electron chi connectivity index (χ4n) is 10.5. The maximum Gasteiger partial charge on any atom is 0.472 e. The first-order valence-electron chi connectivity index (χ1n) is 40.4. The average molecular weight is 1500 g/mol. The highest BCUT2D eigenvalue weighted by Gasteiger charge is 2.30. The molecule has 17 nitrogen and oxygen atoms in total. The number of allylic oxidation sites excluding steroid dienone is 22. The van der Waals surface area contributed by atoms with Gasteiger partial charge in [0.2, 0.25) is 0 Å². The molecule has 3 N–H and O–H groups in total. The quantitative estimate of drug-likeness (QED) is 0.0169. The van der Waals surface area contributed by atoms with Crippen molar-refractivity contribution in [1.29, 1.82) is 0 Å². The standard InChI is InChI=1S/C85H144O17P2/c1-5-9-13-17-21-25-29-33-36-38-39-41-43-47-50-54-58-62-66-70-83(88)96-76-81(102-85(90)72-68-64-60-56-52-48-44-40-37-34-30-26-22-18-14-10-6-2)78-100-104(93,94)98-74-79(86)73-97-103(91,92)99-77-80(101-84(89)71-67-63-59-55-51-45-32-28-24-20-16-12-8-4)75-95-82(87)69-65-61-57-53-49-46-42-35-31-27-23-19-15-11-7-3/h9-10,13-14,21-23,25-27,33-37,39,41-42,44,48,56,60,79-81,86H,5-8,11-12,15-20,24,28-32,38,40,43,45-47,49-55,57-59,61-78H2,1-4H3,(H,91,92)(H,93,94)/b13-9-,14-10-,25-21-,26-22-,27-23-,36-33-,37-34-,41-39-,42-35-,48-44-,60-56-. The highest BCUT2D eigenvalue weighted by Crippen LogP contribution is 2.45. The molecule has 0 aliphatic rings. The summed E-state index contributed by atoms with van der Waals surface area (Å²) in [5, 5.41) is 10.6. The molecule has 0 aliphatic heterocycles. The normalized spacial score (nSPS) is 14.6. The lowest BCUT2D eigenvalue weighted by Gasteiger charge is -2.21. The van der Waals surface area contributed by atoms with Gasteiger partial charge in [0, 0.05) is 25.7 Å². The van der Waals surface area contributed by atoms with E-state index in [0.717, 1.165) is 167 Å². The molecule has 5 unspecified atom stereocenters. The molecule has 0 aromatic rings. The molecule has 0 bridgehead atoms. The van der Waals surface area contributed by atoms with Crippen molar-refractivity contribution in [1.82, 2.24) is 0 Å². The van der Waals surface area contributed by atoms with Gasteiger partial charge in [-0.1, -0.05) is 296 Å². The summed E-state index contributed by atoms with van der Waals surface area (Å²) in [6.45, 7) is 4.55. The van der Waals surface area contributed by atoms with Crippen molar-refractivity contribution in [2.45, 2.75) is 341 Å². The van der Waals surface area contributed by atoms with E-state index in [0.29, 0.717) is 32.1 Å². The van der Waals surface area contributed by atoms with Crippen LogP contribution in [-0.2, 0) is 65.4 Å². The Morgan fingerprint density at radius 2 is 0.510 bits per heavy atom. The van der Waals surface area contributed by atoms with E-state index in [2.05, 4.69) is 149 Å². The highest BCUT2D eigenvalue weighted by molar-refractivity contribution is 7.47. The number of unbranched alkanes of at least 4 members (excludes halogenated alkanes) is 27. The SMILES string of the molecule is CC/C=C\C/C=C\C/C=C\C/C=C\C/C=C\CCCC(=O)OC(COC(=O)CCCCCCCC/C=C\C/C=C\C/C=C\C/C=C\CC)COP(=O)(O)OCC(O)COP(=O)(O)OCC(COC(=O)CCCCCCC/C=C\C/C=C\CCCCC)OC(=O)CCCCCCCCCCCCCCC. The molecular formula is C85H144O17P2. The zero-order chi connectivity index (χ0) is 76.0. The van der Waals surface area contributed by atoms with Crippen molar-refractivity contribution in [2.24, 2.45) is 0 Å². The maximum atomic E-state index is 13.1. The summed E-state index contributed by atoms with van der Waals surface area (Å²) in [5.41, 5.74) is 0. The second-order valence-electron chi connectivity index (χ2n) is 26.6. The number of hydrogen-bond donors (Lipinski definition) is 3. The lowest BCUT2D eigenvalue weighted by Crippen LogP contribution is -2.30. The van der Waals surface area contributed by atoms with E-state index in [-0.39, 0.29) is 25.7 Å². The first-order chi connectivity index (χ1) is 50.7. The Bertz CT molecular complexity index is 2490. The first kappa shape index (κ1) is 99.2. The van der Waals surface area contributed by atoms with Crippen molar-refractivity contribution in [3.8, 4) is 0 Å². The molecule has 0 fully saturated rings. The van der Waals surface area contributed by atoms with E-state index >= 15 is 0 Å². The molecule has 19 heteroatoms. The van der Waals surface area contributed by atoms with Crippen LogP contribution >= 0.6 is 15.6 Å². The van der Waals surface area contributed by atoms with Crippen LogP contribution in [0.4, 0.5) is 0 Å². The monoisotopic (exact) mass is 1500 g/mol. The Kier molecular flexibility index (Phi) is 72.9. The smallest absolute Gasteiger partial charge is 0.462 e. The number of esters is 4. The average Bonchev–Trinajstić information content (AvgIpc) is 0.917. The largest absolute Gasteiger partial charge is 0.472 e. The van der Waals surface area contributed by atoms with Crippen molar-refractivity contribution >= 4 is 39.5 Å². The minimum atomic E-state index is -5.00. The molecule has 0 saturated carbocycles. The predicted molar refractivity (Wildman–Crippen MR) is 427 cm³/mol. The fourth-order valence-corrected chi connectivity index (χ4v) is 12.1. The van der Waals surface area contributed by atoms with Gasteiger partial charge in [0.15, 0.2) is 12.2 Å². The summed E-state index contributed by atoms with van der Waals surface area (Å²) >= 11 is 0. The summed E-state index contributed by atoms with van der Waals surface area (Å²) in [5.74, 6) is -2.27. The number of carbonyl (C=O) groups excluding carboxylic acids is 4. The third-order valence-electron chi connectivity index (χ3n) is 16.6. The van der Waals surface area contributed by atoms with E-state index < -0.39 is 97.5 Å². The first-order valence-corrected chi connectivity index (χ1v) is 43.4. The number of phosphoric ester groups is 2. The van der Waals surface area contributed by atoms with Gasteiger partial charge >= 0.3 is 39.5 Å². The zero-order valence-electron chi connectivity index (χ0n) is 65.2. The van der Waals surface area contributed by atoms with Gasteiger partial charge in [-0.2, -0.15) is 0 Å². The Labute approximate surface area is 631 Å². The second-order valence-corrected chi connectivity index (χ2v) is 29.5. The number of carbonyl (C=O) groups is 4. The van der Waals surface area contributed by atoms with Crippen LogP contribution in [0.2, 0.25) is 0 Å². The van der Waals surface area contributed by atoms with Crippen molar-refractivity contribution in [2.75, 3.05) is 39.6 Å². The predicted octanol–water partition coefficient (Wildman–Crippen LogP) is 23.7. The Balaban J connectivity index is 5.43. The van der Waals surface area contributed by atoms with Crippen LogP contribution in [-0.4, -0.2) is 96.7 Å². The highest BCUT2D eigenvalue weighted by atomic mass is 31.2. The van der Waals surface area contributed by atoms with Crippen LogP contribution in [0.5, 0.6) is 0 Å². The third kappa shape index (κ3) is 75.4. The molecular weight excluding hydrogens is 1350 g/mol. The number of aliphatic hydroxyl groups excluding tert-OH is 1. The summed E-state index contributed by atoms with van der Waals surface area (Å²) in [7, 11) is -9.99. The molecule has 0 saturated heterocycles. The molecule has 104 heavy (non-hydrogen) atoms. The minimum Gasteiger partial charge on any atom is -0.462 e. The van der Waals surface area contributed by atoms with Crippen LogP contribution in [0.1, 0.15) is 323 Å². The van der Waals surface area contributed by atoms with Crippen molar-refractivity contribution in [3.63, 3.8) is 0 Å². The van der Waals surface area contributed by atoms with Crippen LogP contribution in [0.3, 0.4) is 0 Å². The van der Waals surface area contributed by atoms with Gasteiger partial charge < -0.3 is 33.8 Å². The number of hydrogen-bond acceptors (Lipinski definition) is 15.